The van der Waals surface area contributed by atoms with Crippen LogP contribution in [0.4, 0.5) is 5.82 Å². The smallest absolute Gasteiger partial charge is 0.239 e. The van der Waals surface area contributed by atoms with E-state index >= 15 is 0 Å². The molecule has 1 saturated heterocycles. The Morgan fingerprint density at radius 2 is 1.96 bits per heavy atom. The van der Waals surface area contributed by atoms with Crippen LogP contribution in [0.15, 0.2) is 48.9 Å². The fraction of sp³-hybridized carbons (Fsp3) is 0.286. The lowest BCUT2D eigenvalue weighted by molar-refractivity contribution is -0.118. The Kier molecular flexibility index (Phi) is 5.45. The molecule has 1 amide bonds. The van der Waals surface area contributed by atoms with Crippen LogP contribution in [0.3, 0.4) is 0 Å². The number of aromatic nitrogens is 2. The fourth-order valence-corrected chi connectivity index (χ4v) is 3.22. The van der Waals surface area contributed by atoms with Crippen molar-refractivity contribution in [1.82, 2.24) is 14.9 Å². The van der Waals surface area contributed by atoms with Crippen LogP contribution in [-0.2, 0) is 9.53 Å². The van der Waals surface area contributed by atoms with Crippen LogP contribution in [0.2, 0.25) is 0 Å². The summed E-state index contributed by atoms with van der Waals surface area (Å²) in [6.45, 7) is 3.23. The first-order valence-corrected chi connectivity index (χ1v) is 9.20. The highest BCUT2D eigenvalue weighted by atomic mass is 16.5. The van der Waals surface area contributed by atoms with E-state index in [4.69, 9.17) is 9.47 Å². The molecule has 0 saturated carbocycles. The maximum atomic E-state index is 12.3. The molecule has 1 N–H and O–H groups in total. The molecule has 0 bridgehead atoms. The Balaban J connectivity index is 1.53. The van der Waals surface area contributed by atoms with Gasteiger partial charge in [-0.2, -0.15) is 0 Å². The molecule has 0 atom stereocenters. The molecule has 3 aromatic rings. The van der Waals surface area contributed by atoms with Gasteiger partial charge in [-0.25, -0.2) is 4.98 Å². The second-order valence-electron chi connectivity index (χ2n) is 6.68. The Hall–Kier alpha value is -3.03. The highest BCUT2D eigenvalue weighted by molar-refractivity contribution is 5.94. The van der Waals surface area contributed by atoms with E-state index in [1.54, 1.807) is 25.7 Å². The molecule has 1 aromatic carbocycles. The van der Waals surface area contributed by atoms with Crippen molar-refractivity contribution >= 4 is 22.5 Å². The number of methoxy groups -OCH3 is 1. The number of fused-ring (bicyclic) bond motifs is 1. The molecule has 3 heterocycles. The molecule has 0 spiro atoms. The summed E-state index contributed by atoms with van der Waals surface area (Å²) in [6.07, 6.45) is 5.25. The molecule has 1 fully saturated rings. The van der Waals surface area contributed by atoms with Gasteiger partial charge in [-0.3, -0.25) is 14.7 Å². The predicted octanol–water partition coefficient (Wildman–Crippen LogP) is 2.58. The SMILES string of the molecule is COc1cncc(-c2ccc3cnc(NC(=O)CN4CCOCC4)cc3c2)c1. The Bertz CT molecular complexity index is 986. The van der Waals surface area contributed by atoms with E-state index in [9.17, 15) is 4.79 Å². The number of anilines is 1. The topological polar surface area (TPSA) is 76.6 Å². The Morgan fingerprint density at radius 1 is 1.11 bits per heavy atom. The zero-order chi connectivity index (χ0) is 19.3. The number of benzene rings is 1. The first-order chi connectivity index (χ1) is 13.7. The van der Waals surface area contributed by atoms with Gasteiger partial charge in [-0.15, -0.1) is 0 Å². The number of rotatable bonds is 5. The van der Waals surface area contributed by atoms with Gasteiger partial charge in [0.25, 0.3) is 0 Å². The van der Waals surface area contributed by atoms with E-state index in [0.29, 0.717) is 31.3 Å². The lowest BCUT2D eigenvalue weighted by Gasteiger charge is -2.25. The number of pyridine rings is 2. The van der Waals surface area contributed by atoms with Gasteiger partial charge in [-0.1, -0.05) is 12.1 Å². The van der Waals surface area contributed by atoms with Gasteiger partial charge in [-0.05, 0) is 29.1 Å². The van der Waals surface area contributed by atoms with Crippen LogP contribution in [0.5, 0.6) is 5.75 Å². The number of nitrogens with zero attached hydrogens (tertiary/aromatic N) is 3. The average molecular weight is 378 g/mol. The van der Waals surface area contributed by atoms with Gasteiger partial charge in [0.05, 0.1) is 33.1 Å². The Labute approximate surface area is 163 Å². The second kappa shape index (κ2) is 8.33. The minimum atomic E-state index is -0.0677. The summed E-state index contributed by atoms with van der Waals surface area (Å²) in [5, 5.41) is 4.90. The summed E-state index contributed by atoms with van der Waals surface area (Å²) >= 11 is 0. The van der Waals surface area contributed by atoms with E-state index in [0.717, 1.165) is 35.0 Å². The van der Waals surface area contributed by atoms with Crippen LogP contribution in [0, 0.1) is 0 Å². The summed E-state index contributed by atoms with van der Waals surface area (Å²) < 4.78 is 10.6. The highest BCUT2D eigenvalue weighted by Crippen LogP contribution is 2.27. The fourth-order valence-electron chi connectivity index (χ4n) is 3.22. The Morgan fingerprint density at radius 3 is 2.79 bits per heavy atom. The number of carbonyl (C=O) groups excluding carboxylic acids is 1. The molecule has 144 valence electrons. The number of amides is 1. The monoisotopic (exact) mass is 378 g/mol. The zero-order valence-electron chi connectivity index (χ0n) is 15.7. The number of hydrogen-bond donors (Lipinski definition) is 1. The van der Waals surface area contributed by atoms with Crippen molar-refractivity contribution in [2.45, 2.75) is 0 Å². The van der Waals surface area contributed by atoms with E-state index in [-0.39, 0.29) is 5.91 Å². The number of ether oxygens (including phenoxy) is 2. The molecule has 4 rings (SSSR count). The number of morpholine rings is 1. The van der Waals surface area contributed by atoms with Crippen molar-refractivity contribution in [1.29, 1.82) is 0 Å². The van der Waals surface area contributed by atoms with Crippen molar-refractivity contribution < 1.29 is 14.3 Å². The molecular weight excluding hydrogens is 356 g/mol. The molecule has 1 aliphatic rings. The second-order valence-corrected chi connectivity index (χ2v) is 6.68. The molecule has 28 heavy (non-hydrogen) atoms. The summed E-state index contributed by atoms with van der Waals surface area (Å²) in [5.41, 5.74) is 1.99. The van der Waals surface area contributed by atoms with Crippen molar-refractivity contribution in [3.05, 3.63) is 48.9 Å². The normalized spacial score (nSPS) is 14.8. The van der Waals surface area contributed by atoms with Crippen molar-refractivity contribution in [2.75, 3.05) is 45.3 Å². The molecule has 0 radical (unpaired) electrons. The van der Waals surface area contributed by atoms with Crippen molar-refractivity contribution in [3.63, 3.8) is 0 Å². The molecule has 2 aromatic heterocycles. The average Bonchev–Trinajstić information content (AvgIpc) is 2.74. The lowest BCUT2D eigenvalue weighted by atomic mass is 10.0. The van der Waals surface area contributed by atoms with Crippen LogP contribution in [0.1, 0.15) is 0 Å². The minimum Gasteiger partial charge on any atom is -0.495 e. The van der Waals surface area contributed by atoms with E-state index < -0.39 is 0 Å². The third-order valence-corrected chi connectivity index (χ3v) is 4.74. The zero-order valence-corrected chi connectivity index (χ0v) is 15.7. The summed E-state index contributed by atoms with van der Waals surface area (Å²) in [4.78, 5) is 23.0. The quantitative estimate of drug-likeness (QED) is 0.735. The van der Waals surface area contributed by atoms with E-state index in [2.05, 4.69) is 26.3 Å². The van der Waals surface area contributed by atoms with Gasteiger partial charge in [0.15, 0.2) is 0 Å². The molecular formula is C21H22N4O3. The largest absolute Gasteiger partial charge is 0.495 e. The van der Waals surface area contributed by atoms with Crippen molar-refractivity contribution in [2.24, 2.45) is 0 Å². The van der Waals surface area contributed by atoms with Gasteiger partial charge >= 0.3 is 0 Å². The van der Waals surface area contributed by atoms with Gasteiger partial charge in [0.2, 0.25) is 5.91 Å². The maximum absolute atomic E-state index is 12.3. The lowest BCUT2D eigenvalue weighted by Crippen LogP contribution is -2.41. The summed E-state index contributed by atoms with van der Waals surface area (Å²) in [7, 11) is 1.62. The highest BCUT2D eigenvalue weighted by Gasteiger charge is 2.14. The number of carbonyl (C=O) groups is 1. The predicted molar refractivity (Wildman–Crippen MR) is 107 cm³/mol. The van der Waals surface area contributed by atoms with Gasteiger partial charge in [0, 0.05) is 36.4 Å². The van der Waals surface area contributed by atoms with Crippen molar-refractivity contribution in [3.8, 4) is 16.9 Å². The maximum Gasteiger partial charge on any atom is 0.239 e. The van der Waals surface area contributed by atoms with Gasteiger partial charge in [0.1, 0.15) is 11.6 Å². The molecule has 7 heteroatoms. The number of hydrogen-bond acceptors (Lipinski definition) is 6. The van der Waals surface area contributed by atoms with Crippen LogP contribution in [-0.4, -0.2) is 60.7 Å². The summed E-state index contributed by atoms with van der Waals surface area (Å²) in [6, 6.07) is 9.93. The first kappa shape index (κ1) is 18.3. The molecule has 7 nitrogen and oxygen atoms in total. The third-order valence-electron chi connectivity index (χ3n) is 4.74. The standard InChI is InChI=1S/C21H22N4O3/c1-27-19-9-18(11-22-13-19)15-2-3-16-12-23-20(10-17(16)8-15)24-21(26)14-25-4-6-28-7-5-25/h2-3,8-13H,4-7,14H2,1H3,(H,23,24,26). The van der Waals surface area contributed by atoms with Gasteiger partial charge < -0.3 is 14.8 Å². The first-order valence-electron chi connectivity index (χ1n) is 9.20. The van der Waals surface area contributed by atoms with Crippen LogP contribution in [0.25, 0.3) is 21.9 Å². The summed E-state index contributed by atoms with van der Waals surface area (Å²) in [5.74, 6) is 1.19. The molecule has 0 unspecified atom stereocenters. The molecule has 0 aliphatic carbocycles. The van der Waals surface area contributed by atoms with E-state index in [1.807, 2.05) is 24.3 Å². The van der Waals surface area contributed by atoms with Crippen LogP contribution >= 0.6 is 0 Å². The number of nitrogens with one attached hydrogen (secondary N) is 1. The molecule has 1 aliphatic heterocycles. The van der Waals surface area contributed by atoms with E-state index in [1.165, 1.54) is 0 Å². The van der Waals surface area contributed by atoms with Crippen LogP contribution < -0.4 is 10.1 Å². The minimum absolute atomic E-state index is 0.0677. The third kappa shape index (κ3) is 4.27.